The summed E-state index contributed by atoms with van der Waals surface area (Å²) < 4.78 is 0.822. The SMILES string of the molecule is Cc1cccc(Nc2nnc(SCC(=O)N3CCCC[C@@H]3C)s2)c1. The molecule has 1 aromatic heterocycles. The van der Waals surface area contributed by atoms with Gasteiger partial charge in [-0.2, -0.15) is 0 Å². The van der Waals surface area contributed by atoms with Crippen LogP contribution < -0.4 is 5.32 Å². The van der Waals surface area contributed by atoms with E-state index in [1.54, 1.807) is 0 Å². The molecule has 0 radical (unpaired) electrons. The average Bonchev–Trinajstić information content (AvgIpc) is 3.00. The molecule has 7 heteroatoms. The van der Waals surface area contributed by atoms with E-state index in [0.717, 1.165) is 34.5 Å². The first-order valence-corrected chi connectivity index (χ1v) is 10.0. The van der Waals surface area contributed by atoms with Crippen molar-refractivity contribution in [2.24, 2.45) is 0 Å². The number of hydrogen-bond acceptors (Lipinski definition) is 6. The second-order valence-electron chi connectivity index (χ2n) is 6.09. The molecular weight excluding hydrogens is 340 g/mol. The van der Waals surface area contributed by atoms with Crippen molar-refractivity contribution in [3.63, 3.8) is 0 Å². The van der Waals surface area contributed by atoms with E-state index in [9.17, 15) is 4.79 Å². The van der Waals surface area contributed by atoms with Gasteiger partial charge in [-0.15, -0.1) is 10.2 Å². The standard InChI is InChI=1S/C17H22N4OS2/c1-12-6-5-8-14(10-12)18-16-19-20-17(24-16)23-11-15(22)21-9-4-3-7-13(21)2/h5-6,8,10,13H,3-4,7,9,11H2,1-2H3,(H,18,19)/t13-/m0/s1. The fourth-order valence-electron chi connectivity index (χ4n) is 2.84. The van der Waals surface area contributed by atoms with Crippen molar-refractivity contribution in [1.29, 1.82) is 0 Å². The molecule has 24 heavy (non-hydrogen) atoms. The Morgan fingerprint density at radius 1 is 1.42 bits per heavy atom. The molecule has 0 saturated carbocycles. The zero-order valence-corrected chi connectivity index (χ0v) is 15.6. The summed E-state index contributed by atoms with van der Waals surface area (Å²) in [5.41, 5.74) is 2.20. The van der Waals surface area contributed by atoms with Crippen LogP contribution in [0.2, 0.25) is 0 Å². The lowest BCUT2D eigenvalue weighted by molar-refractivity contribution is -0.131. The van der Waals surface area contributed by atoms with Crippen molar-refractivity contribution in [3.8, 4) is 0 Å². The van der Waals surface area contributed by atoms with Crippen LogP contribution in [0.5, 0.6) is 0 Å². The van der Waals surface area contributed by atoms with Crippen molar-refractivity contribution >= 4 is 39.8 Å². The van der Waals surface area contributed by atoms with Gasteiger partial charge in [-0.25, -0.2) is 0 Å². The third-order valence-corrected chi connectivity index (χ3v) is 6.08. The van der Waals surface area contributed by atoms with Crippen molar-refractivity contribution in [3.05, 3.63) is 29.8 Å². The lowest BCUT2D eigenvalue weighted by atomic mass is 10.0. The van der Waals surface area contributed by atoms with Crippen molar-refractivity contribution in [2.45, 2.75) is 43.5 Å². The molecule has 1 saturated heterocycles. The molecule has 1 aliphatic heterocycles. The second kappa shape index (κ2) is 7.98. The topological polar surface area (TPSA) is 58.1 Å². The molecule has 1 N–H and O–H groups in total. The van der Waals surface area contributed by atoms with Gasteiger partial charge in [0.05, 0.1) is 5.75 Å². The third kappa shape index (κ3) is 4.48. The summed E-state index contributed by atoms with van der Waals surface area (Å²) >= 11 is 2.95. The summed E-state index contributed by atoms with van der Waals surface area (Å²) in [6, 6.07) is 8.49. The molecule has 128 valence electrons. The number of piperidine rings is 1. The maximum Gasteiger partial charge on any atom is 0.233 e. The Kier molecular flexibility index (Phi) is 5.73. The van der Waals surface area contributed by atoms with Gasteiger partial charge in [-0.05, 0) is 50.8 Å². The maximum atomic E-state index is 12.4. The number of hydrogen-bond donors (Lipinski definition) is 1. The number of benzene rings is 1. The van der Waals surface area contributed by atoms with Gasteiger partial charge in [0.15, 0.2) is 4.34 Å². The van der Waals surface area contributed by atoms with Gasteiger partial charge < -0.3 is 10.2 Å². The fourth-order valence-corrected chi connectivity index (χ4v) is 4.50. The first-order valence-electron chi connectivity index (χ1n) is 8.21. The molecule has 5 nitrogen and oxygen atoms in total. The van der Waals surface area contributed by atoms with Crippen LogP contribution in [-0.2, 0) is 4.79 Å². The van der Waals surface area contributed by atoms with Crippen LogP contribution in [0.4, 0.5) is 10.8 Å². The molecule has 1 aliphatic rings. The van der Waals surface area contributed by atoms with Gasteiger partial charge in [-0.1, -0.05) is 35.2 Å². The zero-order valence-electron chi connectivity index (χ0n) is 14.0. The minimum absolute atomic E-state index is 0.204. The van der Waals surface area contributed by atoms with E-state index in [4.69, 9.17) is 0 Å². The molecule has 1 aromatic carbocycles. The van der Waals surface area contributed by atoms with E-state index in [1.807, 2.05) is 17.0 Å². The monoisotopic (exact) mass is 362 g/mol. The normalized spacial score (nSPS) is 17.8. The van der Waals surface area contributed by atoms with Crippen LogP contribution in [-0.4, -0.2) is 39.3 Å². The summed E-state index contributed by atoms with van der Waals surface area (Å²) in [5.74, 6) is 0.638. The number of likely N-dealkylation sites (tertiary alicyclic amines) is 1. The lowest BCUT2D eigenvalue weighted by Gasteiger charge is -2.33. The summed E-state index contributed by atoms with van der Waals surface area (Å²) in [4.78, 5) is 14.4. The smallest absolute Gasteiger partial charge is 0.233 e. The highest BCUT2D eigenvalue weighted by molar-refractivity contribution is 8.01. The molecular formula is C17H22N4OS2. The van der Waals surface area contributed by atoms with Crippen LogP contribution in [0, 0.1) is 6.92 Å². The van der Waals surface area contributed by atoms with Crippen LogP contribution >= 0.6 is 23.1 Å². The van der Waals surface area contributed by atoms with Crippen molar-refractivity contribution in [1.82, 2.24) is 15.1 Å². The minimum atomic E-state index is 0.204. The number of amides is 1. The molecule has 1 fully saturated rings. The highest BCUT2D eigenvalue weighted by Gasteiger charge is 2.23. The molecule has 1 amide bonds. The third-order valence-electron chi connectivity index (χ3n) is 4.12. The van der Waals surface area contributed by atoms with Crippen LogP contribution in [0.15, 0.2) is 28.6 Å². The van der Waals surface area contributed by atoms with Crippen molar-refractivity contribution in [2.75, 3.05) is 17.6 Å². The van der Waals surface area contributed by atoms with E-state index >= 15 is 0 Å². The summed E-state index contributed by atoms with van der Waals surface area (Å²) in [6.45, 7) is 5.08. The number of rotatable bonds is 5. The molecule has 0 spiro atoms. The fraction of sp³-hybridized carbons (Fsp3) is 0.471. The molecule has 2 heterocycles. The molecule has 0 unspecified atom stereocenters. The number of aromatic nitrogens is 2. The zero-order chi connectivity index (χ0) is 16.9. The Bertz CT molecular complexity index is 703. The predicted octanol–water partition coefficient (Wildman–Crippen LogP) is 4.08. The number of nitrogens with one attached hydrogen (secondary N) is 1. The molecule has 1 atom stereocenters. The van der Waals surface area contributed by atoms with Crippen LogP contribution in [0.3, 0.4) is 0 Å². The average molecular weight is 363 g/mol. The number of anilines is 2. The quantitative estimate of drug-likeness (QED) is 0.812. The number of carbonyl (C=O) groups is 1. The van der Waals surface area contributed by atoms with Crippen LogP contribution in [0.1, 0.15) is 31.7 Å². The lowest BCUT2D eigenvalue weighted by Crippen LogP contribution is -2.42. The van der Waals surface area contributed by atoms with Gasteiger partial charge in [-0.3, -0.25) is 4.79 Å². The van der Waals surface area contributed by atoms with Gasteiger partial charge in [0.2, 0.25) is 11.0 Å². The van der Waals surface area contributed by atoms with E-state index in [-0.39, 0.29) is 5.91 Å². The molecule has 2 aromatic rings. The van der Waals surface area contributed by atoms with Crippen molar-refractivity contribution < 1.29 is 4.79 Å². The van der Waals surface area contributed by atoms with E-state index in [1.165, 1.54) is 35.1 Å². The number of thioether (sulfide) groups is 1. The Morgan fingerprint density at radius 3 is 3.08 bits per heavy atom. The molecule has 3 rings (SSSR count). The number of carbonyl (C=O) groups excluding carboxylic acids is 1. The Balaban J connectivity index is 1.53. The largest absolute Gasteiger partial charge is 0.339 e. The van der Waals surface area contributed by atoms with E-state index < -0.39 is 0 Å². The van der Waals surface area contributed by atoms with Gasteiger partial charge in [0.25, 0.3) is 0 Å². The molecule has 0 bridgehead atoms. The second-order valence-corrected chi connectivity index (χ2v) is 8.29. The minimum Gasteiger partial charge on any atom is -0.339 e. The summed E-state index contributed by atoms with van der Waals surface area (Å²) in [6.07, 6.45) is 3.45. The Hall–Kier alpha value is -1.60. The number of aryl methyl sites for hydroxylation is 1. The summed E-state index contributed by atoms with van der Waals surface area (Å²) in [7, 11) is 0. The Labute approximate surface area is 150 Å². The predicted molar refractivity (Wildman–Crippen MR) is 100 cm³/mol. The number of nitrogens with zero attached hydrogens (tertiary/aromatic N) is 3. The highest BCUT2D eigenvalue weighted by Crippen LogP contribution is 2.28. The van der Waals surface area contributed by atoms with Gasteiger partial charge in [0.1, 0.15) is 0 Å². The first-order chi connectivity index (χ1) is 11.6. The van der Waals surface area contributed by atoms with E-state index in [0.29, 0.717) is 11.8 Å². The first kappa shape index (κ1) is 17.2. The maximum absolute atomic E-state index is 12.4. The van der Waals surface area contributed by atoms with Gasteiger partial charge >= 0.3 is 0 Å². The van der Waals surface area contributed by atoms with E-state index in [2.05, 4.69) is 41.5 Å². The van der Waals surface area contributed by atoms with Gasteiger partial charge in [0, 0.05) is 18.3 Å². The van der Waals surface area contributed by atoms with Crippen LogP contribution in [0.25, 0.3) is 0 Å². The summed E-state index contributed by atoms with van der Waals surface area (Å²) in [5, 5.41) is 12.3. The molecule has 0 aliphatic carbocycles. The Morgan fingerprint density at radius 2 is 2.29 bits per heavy atom. The highest BCUT2D eigenvalue weighted by atomic mass is 32.2.